The number of benzene rings is 1. The van der Waals surface area contributed by atoms with Gasteiger partial charge in [-0.3, -0.25) is 9.59 Å². The topological polar surface area (TPSA) is 99.2 Å². The number of likely N-dealkylation sites (N-methyl/N-ethyl adjacent to an activating group) is 1. The summed E-state index contributed by atoms with van der Waals surface area (Å²) in [5, 5.41) is 8.70. The normalized spacial score (nSPS) is 11.3. The predicted octanol–water partition coefficient (Wildman–Crippen LogP) is 3.54. The second-order valence-electron chi connectivity index (χ2n) is 6.60. The molecule has 160 valence electrons. The Morgan fingerprint density at radius 1 is 1.30 bits per heavy atom. The van der Waals surface area contributed by atoms with Gasteiger partial charge in [0, 0.05) is 37.4 Å². The van der Waals surface area contributed by atoms with Crippen LogP contribution >= 0.6 is 0 Å². The molecule has 1 aromatic heterocycles. The van der Waals surface area contributed by atoms with E-state index in [1.165, 1.54) is 6.92 Å². The van der Waals surface area contributed by atoms with Gasteiger partial charge >= 0.3 is 0 Å². The van der Waals surface area contributed by atoms with Crippen LogP contribution in [0.25, 0.3) is 0 Å². The molecule has 8 nitrogen and oxygen atoms in total. The summed E-state index contributed by atoms with van der Waals surface area (Å²) in [6.07, 6.45) is 2.98. The third-order valence-electron chi connectivity index (χ3n) is 4.42. The Balaban J connectivity index is 2.15. The number of nitrogens with one attached hydrogen (secondary N) is 3. The Morgan fingerprint density at radius 2 is 2.03 bits per heavy atom. The second kappa shape index (κ2) is 10.9. The molecule has 1 aromatic carbocycles. The lowest BCUT2D eigenvalue weighted by Gasteiger charge is -2.25. The molecule has 9 heteroatoms. The number of rotatable bonds is 10. The van der Waals surface area contributed by atoms with E-state index in [0.29, 0.717) is 24.5 Å². The van der Waals surface area contributed by atoms with E-state index in [2.05, 4.69) is 32.5 Å². The summed E-state index contributed by atoms with van der Waals surface area (Å²) in [6.45, 7) is 9.93. The minimum atomic E-state index is -0.618. The summed E-state index contributed by atoms with van der Waals surface area (Å²) in [5.41, 5.74) is 1.08. The molecule has 2 rings (SSSR count). The first kappa shape index (κ1) is 22.8. The zero-order valence-corrected chi connectivity index (χ0v) is 17.4. The Labute approximate surface area is 175 Å². The lowest BCUT2D eigenvalue weighted by atomic mass is 10.2. The minimum Gasteiger partial charge on any atom is -0.350 e. The molecule has 1 atom stereocenters. The fraction of sp³-hybridized carbons (Fsp3) is 0.333. The number of halogens is 1. The maximum absolute atomic E-state index is 14.3. The van der Waals surface area contributed by atoms with Gasteiger partial charge in [0.1, 0.15) is 0 Å². The highest BCUT2D eigenvalue weighted by molar-refractivity contribution is 5.99. The largest absolute Gasteiger partial charge is 0.350 e. The highest BCUT2D eigenvalue weighted by atomic mass is 19.1. The van der Waals surface area contributed by atoms with Gasteiger partial charge in [-0.25, -0.2) is 9.37 Å². The Hall–Kier alpha value is -3.49. The lowest BCUT2D eigenvalue weighted by Crippen LogP contribution is -2.39. The van der Waals surface area contributed by atoms with E-state index >= 15 is 0 Å². The molecule has 1 unspecified atom stereocenters. The number of carbonyl (C=O) groups is 2. The summed E-state index contributed by atoms with van der Waals surface area (Å²) in [6, 6.07) is 6.71. The first-order valence-electron chi connectivity index (χ1n) is 9.71. The maximum atomic E-state index is 14.3. The molecule has 0 spiro atoms. The van der Waals surface area contributed by atoms with Crippen LogP contribution in [0.15, 0.2) is 43.1 Å². The molecule has 2 amide bonds. The van der Waals surface area contributed by atoms with Crippen molar-refractivity contribution in [2.75, 3.05) is 29.0 Å². The van der Waals surface area contributed by atoms with Crippen LogP contribution in [0.4, 0.5) is 27.5 Å². The van der Waals surface area contributed by atoms with E-state index in [1.807, 2.05) is 13.8 Å². The standard InChI is InChI=1S/C21H27FN6O2/c1-5-15(13-28(7-3)14(4)29)26-21-23-12-18(22)20(27-21)25-17-10-8-9-16(11-17)24-19(30)6-2/h6,8-12,15H,2,5,7,13H2,1,3-4H3,(H,24,30)(H2,23,25,26,27). The van der Waals surface area contributed by atoms with Crippen LogP contribution in [-0.4, -0.2) is 45.8 Å². The highest BCUT2D eigenvalue weighted by Gasteiger charge is 2.16. The number of nitrogens with zero attached hydrogens (tertiary/aromatic N) is 3. The van der Waals surface area contributed by atoms with Gasteiger partial charge in [-0.1, -0.05) is 19.6 Å². The van der Waals surface area contributed by atoms with Crippen molar-refractivity contribution in [1.29, 1.82) is 0 Å². The van der Waals surface area contributed by atoms with Gasteiger partial charge in [-0.2, -0.15) is 4.98 Å². The molecular formula is C21H27FN6O2. The van der Waals surface area contributed by atoms with Crippen molar-refractivity contribution in [3.63, 3.8) is 0 Å². The van der Waals surface area contributed by atoms with Gasteiger partial charge in [0.25, 0.3) is 0 Å². The Bertz CT molecular complexity index is 905. The molecular weight excluding hydrogens is 387 g/mol. The molecule has 1 heterocycles. The van der Waals surface area contributed by atoms with Crippen molar-refractivity contribution < 1.29 is 14.0 Å². The molecule has 0 aliphatic rings. The van der Waals surface area contributed by atoms with Crippen molar-refractivity contribution in [2.24, 2.45) is 0 Å². The van der Waals surface area contributed by atoms with E-state index in [4.69, 9.17) is 0 Å². The summed E-state index contributed by atoms with van der Waals surface area (Å²) >= 11 is 0. The quantitative estimate of drug-likeness (QED) is 0.514. The zero-order valence-electron chi connectivity index (χ0n) is 17.4. The number of aromatic nitrogens is 2. The van der Waals surface area contributed by atoms with Crippen molar-refractivity contribution in [1.82, 2.24) is 14.9 Å². The molecule has 2 aromatic rings. The fourth-order valence-corrected chi connectivity index (χ4v) is 2.73. The summed E-state index contributed by atoms with van der Waals surface area (Å²) in [7, 11) is 0. The number of carbonyl (C=O) groups excluding carboxylic acids is 2. The fourth-order valence-electron chi connectivity index (χ4n) is 2.73. The molecule has 0 aliphatic heterocycles. The molecule has 0 saturated carbocycles. The zero-order chi connectivity index (χ0) is 22.1. The summed E-state index contributed by atoms with van der Waals surface area (Å²) in [5.74, 6) is -0.726. The molecule has 0 fully saturated rings. The van der Waals surface area contributed by atoms with Crippen molar-refractivity contribution in [3.05, 3.63) is 48.9 Å². The van der Waals surface area contributed by atoms with Crippen molar-refractivity contribution >= 4 is 35.0 Å². The van der Waals surface area contributed by atoms with E-state index < -0.39 is 5.82 Å². The number of hydrogen-bond acceptors (Lipinski definition) is 6. The average Bonchev–Trinajstić information content (AvgIpc) is 2.73. The van der Waals surface area contributed by atoms with Gasteiger partial charge in [-0.05, 0) is 37.6 Å². The minimum absolute atomic E-state index is 0.00605. The Morgan fingerprint density at radius 3 is 2.67 bits per heavy atom. The molecule has 3 N–H and O–H groups in total. The maximum Gasteiger partial charge on any atom is 0.247 e. The van der Waals surface area contributed by atoms with Crippen LogP contribution < -0.4 is 16.0 Å². The van der Waals surface area contributed by atoms with Crippen LogP contribution in [0.3, 0.4) is 0 Å². The number of anilines is 4. The molecule has 0 aliphatic carbocycles. The van der Waals surface area contributed by atoms with Crippen LogP contribution in [0.2, 0.25) is 0 Å². The average molecular weight is 414 g/mol. The van der Waals surface area contributed by atoms with Crippen LogP contribution in [-0.2, 0) is 9.59 Å². The number of hydrogen-bond donors (Lipinski definition) is 3. The SMILES string of the molecule is C=CC(=O)Nc1cccc(Nc2nc(NC(CC)CN(CC)C(C)=O)ncc2F)c1. The molecule has 0 radical (unpaired) electrons. The third kappa shape index (κ3) is 6.54. The van der Waals surface area contributed by atoms with Gasteiger partial charge < -0.3 is 20.9 Å². The van der Waals surface area contributed by atoms with Crippen LogP contribution in [0.1, 0.15) is 27.2 Å². The third-order valence-corrected chi connectivity index (χ3v) is 4.42. The van der Waals surface area contributed by atoms with Crippen molar-refractivity contribution in [2.45, 2.75) is 33.2 Å². The summed E-state index contributed by atoms with van der Waals surface area (Å²) < 4.78 is 14.3. The molecule has 30 heavy (non-hydrogen) atoms. The van der Waals surface area contributed by atoms with Gasteiger partial charge in [0.05, 0.1) is 6.20 Å². The molecule has 0 saturated heterocycles. The smallest absolute Gasteiger partial charge is 0.247 e. The predicted molar refractivity (Wildman–Crippen MR) is 116 cm³/mol. The van der Waals surface area contributed by atoms with Crippen molar-refractivity contribution in [3.8, 4) is 0 Å². The van der Waals surface area contributed by atoms with E-state index in [9.17, 15) is 14.0 Å². The van der Waals surface area contributed by atoms with Gasteiger partial charge in [0.15, 0.2) is 11.6 Å². The van der Waals surface area contributed by atoms with E-state index in [-0.39, 0.29) is 29.6 Å². The van der Waals surface area contributed by atoms with E-state index in [1.54, 1.807) is 29.2 Å². The number of amides is 2. The van der Waals surface area contributed by atoms with Crippen LogP contribution in [0, 0.1) is 5.82 Å². The Kier molecular flexibility index (Phi) is 8.28. The molecule has 0 bridgehead atoms. The van der Waals surface area contributed by atoms with Gasteiger partial charge in [0.2, 0.25) is 17.8 Å². The highest BCUT2D eigenvalue weighted by Crippen LogP contribution is 2.22. The van der Waals surface area contributed by atoms with Crippen LogP contribution in [0.5, 0.6) is 0 Å². The van der Waals surface area contributed by atoms with Gasteiger partial charge in [-0.15, -0.1) is 0 Å². The monoisotopic (exact) mass is 414 g/mol. The first-order valence-corrected chi connectivity index (χ1v) is 9.71. The first-order chi connectivity index (χ1) is 14.4. The van der Waals surface area contributed by atoms with E-state index in [0.717, 1.165) is 18.7 Å². The second-order valence-corrected chi connectivity index (χ2v) is 6.60. The lowest BCUT2D eigenvalue weighted by molar-refractivity contribution is -0.128. The summed E-state index contributed by atoms with van der Waals surface area (Å²) in [4.78, 5) is 33.1.